The third kappa shape index (κ3) is 2.99. The smallest absolute Gasteiger partial charge is 0.133 e. The van der Waals surface area contributed by atoms with Crippen molar-refractivity contribution in [2.75, 3.05) is 5.32 Å². The van der Waals surface area contributed by atoms with Crippen molar-refractivity contribution in [1.82, 2.24) is 4.98 Å². The van der Waals surface area contributed by atoms with Gasteiger partial charge in [-0.05, 0) is 46.3 Å². The fourth-order valence-corrected chi connectivity index (χ4v) is 1.90. The predicted octanol–water partition coefficient (Wildman–Crippen LogP) is 3.03. The Kier molecular flexibility index (Phi) is 3.80. The van der Waals surface area contributed by atoms with Crippen LogP contribution in [0.25, 0.3) is 0 Å². The van der Waals surface area contributed by atoms with Gasteiger partial charge in [0.1, 0.15) is 11.8 Å². The van der Waals surface area contributed by atoms with E-state index in [1.165, 1.54) is 6.20 Å². The molecule has 0 bridgehead atoms. The molecule has 0 fully saturated rings. The Morgan fingerprint density at radius 3 is 2.78 bits per heavy atom. The lowest BCUT2D eigenvalue weighted by atomic mass is 10.2. The molecule has 2 N–H and O–H groups in total. The lowest BCUT2D eigenvalue weighted by Crippen LogP contribution is -2.01. The van der Waals surface area contributed by atoms with E-state index in [1.807, 2.05) is 12.1 Å². The number of hydrogen-bond donors (Lipinski definition) is 2. The molecule has 0 saturated heterocycles. The number of nitriles is 1. The zero-order valence-electron chi connectivity index (χ0n) is 9.39. The maximum atomic E-state index is 9.12. The molecule has 0 aliphatic carbocycles. The Labute approximate surface area is 113 Å². The van der Waals surface area contributed by atoms with E-state index in [1.54, 1.807) is 18.2 Å². The molecule has 0 aliphatic rings. The number of anilines is 1. The van der Waals surface area contributed by atoms with Crippen LogP contribution in [-0.2, 0) is 6.54 Å². The number of halogens is 1. The zero-order chi connectivity index (χ0) is 13.0. The summed E-state index contributed by atoms with van der Waals surface area (Å²) in [5, 5.41) is 21.1. The highest BCUT2D eigenvalue weighted by Crippen LogP contribution is 2.21. The van der Waals surface area contributed by atoms with Crippen molar-refractivity contribution >= 4 is 21.6 Å². The van der Waals surface area contributed by atoms with Crippen molar-refractivity contribution in [3.8, 4) is 11.8 Å². The van der Waals surface area contributed by atoms with Gasteiger partial charge in [0.2, 0.25) is 0 Å². The van der Waals surface area contributed by atoms with E-state index < -0.39 is 0 Å². The molecule has 1 aromatic carbocycles. The van der Waals surface area contributed by atoms with E-state index in [2.05, 4.69) is 32.3 Å². The Hall–Kier alpha value is -2.06. The van der Waals surface area contributed by atoms with Crippen LogP contribution in [0.2, 0.25) is 0 Å². The Balaban J connectivity index is 2.04. The van der Waals surface area contributed by atoms with Crippen LogP contribution in [0.5, 0.6) is 5.75 Å². The highest BCUT2D eigenvalue weighted by molar-refractivity contribution is 9.10. The third-order valence-corrected chi connectivity index (χ3v) is 3.03. The number of pyridine rings is 1. The van der Waals surface area contributed by atoms with Crippen molar-refractivity contribution in [3.63, 3.8) is 0 Å². The summed E-state index contributed by atoms with van der Waals surface area (Å²) in [6.45, 7) is 0.554. The van der Waals surface area contributed by atoms with Gasteiger partial charge in [-0.15, -0.1) is 0 Å². The molecule has 1 heterocycles. The van der Waals surface area contributed by atoms with Crippen molar-refractivity contribution in [3.05, 3.63) is 52.3 Å². The first kappa shape index (κ1) is 12.4. The molecule has 0 atom stereocenters. The normalized spacial score (nSPS) is 9.78. The maximum Gasteiger partial charge on any atom is 0.133 e. The lowest BCUT2D eigenvalue weighted by molar-refractivity contribution is 0.472. The molecular weight excluding hydrogens is 294 g/mol. The minimum atomic E-state index is 0.153. The maximum absolute atomic E-state index is 9.12. The van der Waals surface area contributed by atoms with Crippen molar-refractivity contribution in [2.24, 2.45) is 0 Å². The van der Waals surface area contributed by atoms with Crippen LogP contribution < -0.4 is 5.32 Å². The van der Waals surface area contributed by atoms with Crippen LogP contribution in [-0.4, -0.2) is 10.1 Å². The molecule has 90 valence electrons. The van der Waals surface area contributed by atoms with Gasteiger partial charge in [0, 0.05) is 10.2 Å². The number of aromatic hydroxyl groups is 1. The van der Waals surface area contributed by atoms with E-state index in [0.717, 1.165) is 15.9 Å². The summed E-state index contributed by atoms with van der Waals surface area (Å²) in [5.74, 6) is 0.153. The largest absolute Gasteiger partial charge is 0.506 e. The highest BCUT2D eigenvalue weighted by atomic mass is 79.9. The molecule has 4 nitrogen and oxygen atoms in total. The van der Waals surface area contributed by atoms with Gasteiger partial charge in [0.15, 0.2) is 0 Å². The second-order valence-corrected chi connectivity index (χ2v) is 4.52. The molecular formula is C13H10BrN3O. The molecule has 0 amide bonds. The standard InChI is InChI=1S/C13H10BrN3O/c14-13-5-10(2-1-9(13)6-15)16-7-11-3-4-12(18)8-17-11/h1-5,8,16,18H,7H2. The van der Waals surface area contributed by atoms with Gasteiger partial charge in [-0.3, -0.25) is 4.98 Å². The molecule has 5 heteroatoms. The topological polar surface area (TPSA) is 68.9 Å². The van der Waals surface area contributed by atoms with Gasteiger partial charge < -0.3 is 10.4 Å². The quantitative estimate of drug-likeness (QED) is 0.914. The first-order valence-electron chi connectivity index (χ1n) is 5.26. The minimum absolute atomic E-state index is 0.153. The van der Waals surface area contributed by atoms with Crippen LogP contribution in [0.1, 0.15) is 11.3 Å². The highest BCUT2D eigenvalue weighted by Gasteiger charge is 2.01. The molecule has 0 radical (unpaired) electrons. The summed E-state index contributed by atoms with van der Waals surface area (Å²) in [5.41, 5.74) is 2.33. The Morgan fingerprint density at radius 2 is 2.17 bits per heavy atom. The van der Waals surface area contributed by atoms with Crippen LogP contribution in [0.3, 0.4) is 0 Å². The van der Waals surface area contributed by atoms with Gasteiger partial charge in [-0.1, -0.05) is 0 Å². The first-order chi connectivity index (χ1) is 8.69. The summed E-state index contributed by atoms with van der Waals surface area (Å²) in [6, 6.07) is 10.9. The third-order valence-electron chi connectivity index (χ3n) is 2.37. The van der Waals surface area contributed by atoms with E-state index in [4.69, 9.17) is 10.4 Å². The summed E-state index contributed by atoms with van der Waals surface area (Å²) >= 11 is 3.33. The lowest BCUT2D eigenvalue weighted by Gasteiger charge is -2.07. The number of hydrogen-bond acceptors (Lipinski definition) is 4. The molecule has 0 saturated carbocycles. The van der Waals surface area contributed by atoms with Crippen molar-refractivity contribution in [2.45, 2.75) is 6.54 Å². The van der Waals surface area contributed by atoms with E-state index in [0.29, 0.717) is 12.1 Å². The molecule has 1 aromatic heterocycles. The van der Waals surface area contributed by atoms with Crippen LogP contribution >= 0.6 is 15.9 Å². The molecule has 2 aromatic rings. The summed E-state index contributed by atoms with van der Waals surface area (Å²) < 4.78 is 0.758. The number of nitrogens with one attached hydrogen (secondary N) is 1. The summed E-state index contributed by atoms with van der Waals surface area (Å²) in [7, 11) is 0. The summed E-state index contributed by atoms with van der Waals surface area (Å²) in [6.07, 6.45) is 1.41. The van der Waals surface area contributed by atoms with Gasteiger partial charge >= 0.3 is 0 Å². The van der Waals surface area contributed by atoms with Crippen LogP contribution in [0.15, 0.2) is 41.0 Å². The average Bonchev–Trinajstić information content (AvgIpc) is 2.38. The van der Waals surface area contributed by atoms with Crippen molar-refractivity contribution < 1.29 is 5.11 Å². The predicted molar refractivity (Wildman–Crippen MR) is 72.1 cm³/mol. The number of nitrogens with zero attached hydrogens (tertiary/aromatic N) is 2. The second kappa shape index (κ2) is 5.52. The second-order valence-electron chi connectivity index (χ2n) is 3.67. The molecule has 0 aliphatic heterocycles. The van der Waals surface area contributed by atoms with E-state index >= 15 is 0 Å². The SMILES string of the molecule is N#Cc1ccc(NCc2ccc(O)cn2)cc1Br. The van der Waals surface area contributed by atoms with Gasteiger partial charge in [0.25, 0.3) is 0 Å². The number of rotatable bonds is 3. The zero-order valence-corrected chi connectivity index (χ0v) is 11.0. The fourth-order valence-electron chi connectivity index (χ4n) is 1.43. The first-order valence-corrected chi connectivity index (χ1v) is 6.06. The molecule has 0 spiro atoms. The number of benzene rings is 1. The molecule has 0 unspecified atom stereocenters. The van der Waals surface area contributed by atoms with Crippen LogP contribution in [0, 0.1) is 11.3 Å². The monoisotopic (exact) mass is 303 g/mol. The van der Waals surface area contributed by atoms with Crippen molar-refractivity contribution in [1.29, 1.82) is 5.26 Å². The Morgan fingerprint density at radius 1 is 1.33 bits per heavy atom. The van der Waals surface area contributed by atoms with Gasteiger partial charge in [0.05, 0.1) is 24.0 Å². The van der Waals surface area contributed by atoms with Gasteiger partial charge in [-0.25, -0.2) is 0 Å². The van der Waals surface area contributed by atoms with Gasteiger partial charge in [-0.2, -0.15) is 5.26 Å². The fraction of sp³-hybridized carbons (Fsp3) is 0.0769. The molecule has 2 rings (SSSR count). The minimum Gasteiger partial charge on any atom is -0.506 e. The summed E-state index contributed by atoms with van der Waals surface area (Å²) in [4.78, 5) is 4.07. The van der Waals surface area contributed by atoms with E-state index in [-0.39, 0.29) is 5.75 Å². The molecule has 18 heavy (non-hydrogen) atoms. The Bertz CT molecular complexity index is 590. The average molecular weight is 304 g/mol. The number of aromatic nitrogens is 1. The van der Waals surface area contributed by atoms with Crippen LogP contribution in [0.4, 0.5) is 5.69 Å². The van der Waals surface area contributed by atoms with E-state index in [9.17, 15) is 0 Å².